The smallest absolute Gasteiger partial charge is 0.222 e. The van der Waals surface area contributed by atoms with Gasteiger partial charge in [-0.3, -0.25) is 9.69 Å². The third-order valence-electron chi connectivity index (χ3n) is 5.29. The topological polar surface area (TPSA) is 23.6 Å². The maximum absolute atomic E-state index is 12.1. The summed E-state index contributed by atoms with van der Waals surface area (Å²) in [4.78, 5) is 16.7. The zero-order valence-electron chi connectivity index (χ0n) is 13.7. The number of carbonyl (C=O) groups is 1. The second kappa shape index (κ2) is 7.06. The number of rotatable bonds is 5. The highest BCUT2D eigenvalue weighted by Gasteiger charge is 2.40. The molecule has 4 heteroatoms. The standard InChI is InChI=1S/C19H25ClN2O/c1-3-11-22-17(14(2)21-12-5-8-19(21)23)9-10-18(22)15-6-4-7-16(20)13-15/h3-4,6-7,13-14,17-18H,1,5,8-12H2,2H3/t14?,17-,18+/m1/s1. The van der Waals surface area contributed by atoms with Crippen LogP contribution in [-0.2, 0) is 4.79 Å². The average Bonchev–Trinajstić information content (AvgIpc) is 3.13. The molecule has 2 fully saturated rings. The molecule has 2 aliphatic heterocycles. The molecule has 0 saturated carbocycles. The zero-order chi connectivity index (χ0) is 16.4. The van der Waals surface area contributed by atoms with Gasteiger partial charge < -0.3 is 4.90 Å². The van der Waals surface area contributed by atoms with E-state index in [9.17, 15) is 4.79 Å². The monoisotopic (exact) mass is 332 g/mol. The summed E-state index contributed by atoms with van der Waals surface area (Å²) in [5.41, 5.74) is 1.27. The fraction of sp³-hybridized carbons (Fsp3) is 0.526. The van der Waals surface area contributed by atoms with E-state index in [1.807, 2.05) is 18.2 Å². The molecule has 1 aromatic rings. The predicted molar refractivity (Wildman–Crippen MR) is 94.5 cm³/mol. The largest absolute Gasteiger partial charge is 0.338 e. The predicted octanol–water partition coefficient (Wildman–Crippen LogP) is 4.04. The van der Waals surface area contributed by atoms with Crippen molar-refractivity contribution in [3.05, 3.63) is 47.5 Å². The van der Waals surface area contributed by atoms with Crippen molar-refractivity contribution >= 4 is 17.5 Å². The first-order chi connectivity index (χ1) is 11.1. The Hall–Kier alpha value is -1.32. The minimum absolute atomic E-state index is 0.258. The van der Waals surface area contributed by atoms with E-state index in [2.05, 4.69) is 35.4 Å². The van der Waals surface area contributed by atoms with Crippen LogP contribution in [0.2, 0.25) is 5.02 Å². The van der Waals surface area contributed by atoms with E-state index in [0.717, 1.165) is 37.4 Å². The van der Waals surface area contributed by atoms with Crippen molar-refractivity contribution in [2.24, 2.45) is 0 Å². The maximum atomic E-state index is 12.1. The lowest BCUT2D eigenvalue weighted by molar-refractivity contribution is -0.130. The van der Waals surface area contributed by atoms with Crippen LogP contribution in [0.4, 0.5) is 0 Å². The molecule has 0 aromatic heterocycles. The van der Waals surface area contributed by atoms with Gasteiger partial charge in [0.2, 0.25) is 5.91 Å². The molecule has 3 nitrogen and oxygen atoms in total. The van der Waals surface area contributed by atoms with Gasteiger partial charge in [0.05, 0.1) is 0 Å². The Morgan fingerprint density at radius 3 is 2.91 bits per heavy atom. The summed E-state index contributed by atoms with van der Waals surface area (Å²) in [6.45, 7) is 7.87. The Balaban J connectivity index is 1.81. The van der Waals surface area contributed by atoms with Crippen LogP contribution in [-0.4, -0.2) is 40.9 Å². The van der Waals surface area contributed by atoms with Crippen LogP contribution >= 0.6 is 11.6 Å². The molecule has 124 valence electrons. The van der Waals surface area contributed by atoms with Gasteiger partial charge in [0.1, 0.15) is 0 Å². The molecule has 3 rings (SSSR count). The van der Waals surface area contributed by atoms with Crippen LogP contribution in [0, 0.1) is 0 Å². The van der Waals surface area contributed by atoms with Gasteiger partial charge >= 0.3 is 0 Å². The summed E-state index contributed by atoms with van der Waals surface area (Å²) in [6.07, 6.45) is 5.88. The number of hydrogen-bond acceptors (Lipinski definition) is 2. The van der Waals surface area contributed by atoms with Crippen LogP contribution in [0.5, 0.6) is 0 Å². The molecule has 0 spiro atoms. The van der Waals surface area contributed by atoms with Gasteiger partial charge in [-0.2, -0.15) is 0 Å². The molecule has 0 N–H and O–H groups in total. The summed E-state index contributed by atoms with van der Waals surface area (Å²) in [5.74, 6) is 0.308. The van der Waals surface area contributed by atoms with Crippen molar-refractivity contribution in [3.63, 3.8) is 0 Å². The highest BCUT2D eigenvalue weighted by atomic mass is 35.5. The Labute approximate surface area is 143 Å². The minimum atomic E-state index is 0.258. The van der Waals surface area contributed by atoms with E-state index in [4.69, 9.17) is 11.6 Å². The summed E-state index contributed by atoms with van der Waals surface area (Å²) in [6, 6.07) is 9.16. The van der Waals surface area contributed by atoms with Gasteiger partial charge in [-0.15, -0.1) is 6.58 Å². The van der Waals surface area contributed by atoms with Crippen molar-refractivity contribution < 1.29 is 4.79 Å². The highest BCUT2D eigenvalue weighted by Crippen LogP contribution is 2.39. The summed E-state index contributed by atoms with van der Waals surface area (Å²) in [5, 5.41) is 0.785. The normalized spacial score (nSPS) is 26.7. The average molecular weight is 333 g/mol. The van der Waals surface area contributed by atoms with E-state index in [0.29, 0.717) is 24.4 Å². The molecule has 1 amide bonds. The second-order valence-electron chi connectivity index (χ2n) is 6.63. The third-order valence-corrected chi connectivity index (χ3v) is 5.53. The zero-order valence-corrected chi connectivity index (χ0v) is 14.5. The lowest BCUT2D eigenvalue weighted by Gasteiger charge is -2.37. The molecule has 2 heterocycles. The molecule has 1 aromatic carbocycles. The highest BCUT2D eigenvalue weighted by molar-refractivity contribution is 6.30. The second-order valence-corrected chi connectivity index (χ2v) is 7.07. The number of carbonyl (C=O) groups excluding carboxylic acids is 1. The summed E-state index contributed by atoms with van der Waals surface area (Å²) >= 11 is 6.18. The fourth-order valence-corrected chi connectivity index (χ4v) is 4.40. The van der Waals surface area contributed by atoms with Crippen molar-refractivity contribution in [1.82, 2.24) is 9.80 Å². The van der Waals surface area contributed by atoms with E-state index >= 15 is 0 Å². The van der Waals surface area contributed by atoms with Gasteiger partial charge in [-0.1, -0.05) is 29.8 Å². The van der Waals surface area contributed by atoms with Gasteiger partial charge in [-0.25, -0.2) is 0 Å². The first-order valence-corrected chi connectivity index (χ1v) is 8.91. The van der Waals surface area contributed by atoms with Crippen LogP contribution in [0.25, 0.3) is 0 Å². The van der Waals surface area contributed by atoms with Crippen LogP contribution in [0.1, 0.15) is 44.2 Å². The van der Waals surface area contributed by atoms with Gasteiger partial charge in [0.15, 0.2) is 0 Å². The maximum Gasteiger partial charge on any atom is 0.222 e. The molecular weight excluding hydrogens is 308 g/mol. The molecule has 1 unspecified atom stereocenters. The summed E-state index contributed by atoms with van der Waals surface area (Å²) < 4.78 is 0. The van der Waals surface area contributed by atoms with Crippen molar-refractivity contribution in [3.8, 4) is 0 Å². The molecular formula is C19H25ClN2O. The van der Waals surface area contributed by atoms with Crippen LogP contribution in [0.3, 0.4) is 0 Å². The van der Waals surface area contributed by atoms with Gasteiger partial charge in [0, 0.05) is 42.7 Å². The van der Waals surface area contributed by atoms with E-state index in [1.165, 1.54) is 5.56 Å². The van der Waals surface area contributed by atoms with E-state index < -0.39 is 0 Å². The Bertz CT molecular complexity index is 588. The number of likely N-dealkylation sites (tertiary alicyclic amines) is 2. The van der Waals surface area contributed by atoms with Gasteiger partial charge in [-0.05, 0) is 43.9 Å². The van der Waals surface area contributed by atoms with Crippen LogP contribution < -0.4 is 0 Å². The quantitative estimate of drug-likeness (QED) is 0.760. The Morgan fingerprint density at radius 2 is 2.26 bits per heavy atom. The molecule has 23 heavy (non-hydrogen) atoms. The number of nitrogens with zero attached hydrogens (tertiary/aromatic N) is 2. The molecule has 0 bridgehead atoms. The number of halogens is 1. The fourth-order valence-electron chi connectivity index (χ4n) is 4.20. The minimum Gasteiger partial charge on any atom is -0.338 e. The SMILES string of the molecule is C=CCN1[C@@H](C(C)N2CCCC2=O)CC[C@H]1c1cccc(Cl)c1. The van der Waals surface area contributed by atoms with E-state index in [-0.39, 0.29) is 6.04 Å². The number of amides is 1. The van der Waals surface area contributed by atoms with Gasteiger partial charge in [0.25, 0.3) is 0 Å². The number of benzene rings is 1. The van der Waals surface area contributed by atoms with Crippen molar-refractivity contribution in [2.75, 3.05) is 13.1 Å². The molecule has 0 radical (unpaired) electrons. The molecule has 2 saturated heterocycles. The third kappa shape index (κ3) is 3.31. The Morgan fingerprint density at radius 1 is 1.43 bits per heavy atom. The lowest BCUT2D eigenvalue weighted by atomic mass is 10.0. The molecule has 0 aliphatic carbocycles. The van der Waals surface area contributed by atoms with E-state index in [1.54, 1.807) is 0 Å². The Kier molecular flexibility index (Phi) is 5.08. The van der Waals surface area contributed by atoms with Crippen molar-refractivity contribution in [1.29, 1.82) is 0 Å². The number of hydrogen-bond donors (Lipinski definition) is 0. The lowest BCUT2D eigenvalue weighted by Crippen LogP contribution is -2.48. The van der Waals surface area contributed by atoms with Crippen molar-refractivity contribution in [2.45, 2.75) is 50.7 Å². The molecule has 3 atom stereocenters. The first-order valence-electron chi connectivity index (χ1n) is 8.53. The van der Waals surface area contributed by atoms with Crippen LogP contribution in [0.15, 0.2) is 36.9 Å². The molecule has 2 aliphatic rings. The summed E-state index contributed by atoms with van der Waals surface area (Å²) in [7, 11) is 0. The first kappa shape index (κ1) is 16.5.